The van der Waals surface area contributed by atoms with Crippen molar-refractivity contribution in [2.75, 3.05) is 12.4 Å². The SMILES string of the molecule is COc1cc(Br)nc(NC(=O)[C@@H]2CC3(C)C[C@H]3N2C(=O)Cn2nc(C(C)=O)c3cc(-c4cnc(C)nc4)ccc32)c1. The molecule has 1 N–H and O–H groups in total. The molecule has 11 nitrogen and oxygen atoms in total. The van der Waals surface area contributed by atoms with Gasteiger partial charge >= 0.3 is 0 Å². The number of hydrogen-bond donors (Lipinski definition) is 1. The normalized spacial score (nSPS) is 21.0. The zero-order valence-corrected chi connectivity index (χ0v) is 24.6. The van der Waals surface area contributed by atoms with E-state index in [1.807, 2.05) is 25.1 Å². The second-order valence-corrected chi connectivity index (χ2v) is 11.7. The van der Waals surface area contributed by atoms with E-state index in [4.69, 9.17) is 4.74 Å². The number of carbonyl (C=O) groups is 3. The average Bonchev–Trinajstić information content (AvgIpc) is 3.30. The van der Waals surface area contributed by atoms with Crippen LogP contribution in [0.5, 0.6) is 5.75 Å². The maximum absolute atomic E-state index is 13.8. The van der Waals surface area contributed by atoms with Crippen LogP contribution in [0.1, 0.15) is 43.0 Å². The lowest BCUT2D eigenvalue weighted by Gasteiger charge is -2.27. The largest absolute Gasteiger partial charge is 0.497 e. The maximum atomic E-state index is 13.8. The molecule has 2 fully saturated rings. The molecule has 0 radical (unpaired) electrons. The highest BCUT2D eigenvalue weighted by molar-refractivity contribution is 9.10. The van der Waals surface area contributed by atoms with Crippen LogP contribution in [0, 0.1) is 12.3 Å². The van der Waals surface area contributed by atoms with Crippen molar-refractivity contribution in [3.8, 4) is 16.9 Å². The van der Waals surface area contributed by atoms with Gasteiger partial charge in [-0.05, 0) is 58.8 Å². The van der Waals surface area contributed by atoms with Crippen LogP contribution in [0.4, 0.5) is 5.82 Å². The number of fused-ring (bicyclic) bond motifs is 2. The minimum Gasteiger partial charge on any atom is -0.497 e. The number of aryl methyl sites for hydroxylation is 1. The molecule has 1 aliphatic heterocycles. The Morgan fingerprint density at radius 1 is 1.12 bits per heavy atom. The Balaban J connectivity index is 1.28. The van der Waals surface area contributed by atoms with Gasteiger partial charge in [0.05, 0.1) is 12.6 Å². The van der Waals surface area contributed by atoms with Crippen LogP contribution in [0.3, 0.4) is 0 Å². The van der Waals surface area contributed by atoms with Gasteiger partial charge in [0.15, 0.2) is 5.78 Å². The Kier molecular flexibility index (Phi) is 6.60. The molecule has 4 heterocycles. The molecule has 1 saturated carbocycles. The first-order chi connectivity index (χ1) is 19.6. The van der Waals surface area contributed by atoms with E-state index in [-0.39, 0.29) is 41.3 Å². The Labute approximate surface area is 244 Å². The van der Waals surface area contributed by atoms with Crippen LogP contribution >= 0.6 is 15.9 Å². The highest BCUT2D eigenvalue weighted by Gasteiger charge is 2.64. The van der Waals surface area contributed by atoms with Gasteiger partial charge in [-0.3, -0.25) is 19.1 Å². The molecule has 12 heteroatoms. The summed E-state index contributed by atoms with van der Waals surface area (Å²) in [5.74, 6) is 0.799. The van der Waals surface area contributed by atoms with Crippen molar-refractivity contribution in [1.82, 2.24) is 29.6 Å². The Bertz CT molecular complexity index is 1720. The molecule has 1 aliphatic carbocycles. The number of pyridine rings is 1. The molecule has 0 spiro atoms. The third kappa shape index (κ3) is 4.96. The van der Waals surface area contributed by atoms with Gasteiger partial charge in [0, 0.05) is 48.4 Å². The number of carbonyl (C=O) groups excluding carboxylic acids is 3. The van der Waals surface area contributed by atoms with Gasteiger partial charge < -0.3 is 15.0 Å². The molecule has 1 saturated heterocycles. The first kappa shape index (κ1) is 27.0. The van der Waals surface area contributed by atoms with Crippen molar-refractivity contribution in [2.45, 2.75) is 52.2 Å². The minimum absolute atomic E-state index is 0.0296. The lowest BCUT2D eigenvalue weighted by molar-refractivity contribution is -0.138. The van der Waals surface area contributed by atoms with E-state index in [2.05, 4.69) is 48.2 Å². The average molecular weight is 618 g/mol. The van der Waals surface area contributed by atoms with Crippen molar-refractivity contribution < 1.29 is 19.1 Å². The minimum atomic E-state index is -0.653. The predicted octanol–water partition coefficient (Wildman–Crippen LogP) is 4.19. The Morgan fingerprint density at radius 3 is 2.59 bits per heavy atom. The number of rotatable bonds is 7. The number of halogens is 1. The molecular formula is C29H28BrN7O4. The molecule has 210 valence electrons. The summed E-state index contributed by atoms with van der Waals surface area (Å²) in [5, 5.41) is 8.02. The van der Waals surface area contributed by atoms with E-state index in [0.717, 1.165) is 17.5 Å². The number of piperidine rings is 1. The number of aromatic nitrogens is 5. The van der Waals surface area contributed by atoms with Crippen molar-refractivity contribution in [1.29, 1.82) is 0 Å². The fraction of sp³-hybridized carbons (Fsp3) is 0.345. The van der Waals surface area contributed by atoms with Gasteiger partial charge in [0.1, 0.15) is 40.3 Å². The molecule has 2 amide bonds. The monoisotopic (exact) mass is 617 g/mol. The highest BCUT2D eigenvalue weighted by Crippen LogP contribution is 2.59. The van der Waals surface area contributed by atoms with Crippen molar-refractivity contribution in [3.05, 3.63) is 58.8 Å². The molecule has 1 aromatic carbocycles. The number of ether oxygens (including phenoxy) is 1. The Hall–Kier alpha value is -4.19. The molecule has 6 rings (SSSR count). The van der Waals surface area contributed by atoms with E-state index in [9.17, 15) is 14.4 Å². The molecule has 3 aromatic heterocycles. The maximum Gasteiger partial charge on any atom is 0.248 e. The number of benzene rings is 1. The second-order valence-electron chi connectivity index (χ2n) is 10.9. The molecule has 41 heavy (non-hydrogen) atoms. The number of ketones is 1. The summed E-state index contributed by atoms with van der Waals surface area (Å²) in [5.41, 5.74) is 2.48. The lowest BCUT2D eigenvalue weighted by atomic mass is 10.0. The topological polar surface area (TPSA) is 132 Å². The van der Waals surface area contributed by atoms with Crippen molar-refractivity contribution in [3.63, 3.8) is 0 Å². The van der Waals surface area contributed by atoms with Gasteiger partial charge in [-0.15, -0.1) is 0 Å². The van der Waals surface area contributed by atoms with Crippen LogP contribution in [-0.2, 0) is 16.1 Å². The zero-order chi connectivity index (χ0) is 29.1. The number of amides is 2. The number of nitrogens with zero attached hydrogens (tertiary/aromatic N) is 6. The summed E-state index contributed by atoms with van der Waals surface area (Å²) < 4.78 is 7.35. The van der Waals surface area contributed by atoms with E-state index in [1.165, 1.54) is 14.0 Å². The molecule has 3 atom stereocenters. The van der Waals surface area contributed by atoms with E-state index >= 15 is 0 Å². The van der Waals surface area contributed by atoms with Crippen molar-refractivity contribution in [2.24, 2.45) is 5.41 Å². The fourth-order valence-electron chi connectivity index (χ4n) is 5.72. The van der Waals surface area contributed by atoms with Crippen LogP contribution in [0.25, 0.3) is 22.0 Å². The lowest BCUT2D eigenvalue weighted by Crippen LogP contribution is -2.46. The second kappa shape index (κ2) is 10.0. The number of nitrogens with one attached hydrogen (secondary N) is 1. The molecule has 1 unspecified atom stereocenters. The smallest absolute Gasteiger partial charge is 0.248 e. The van der Waals surface area contributed by atoms with Gasteiger partial charge in [-0.1, -0.05) is 13.0 Å². The summed E-state index contributed by atoms with van der Waals surface area (Å²) in [7, 11) is 1.54. The van der Waals surface area contributed by atoms with Crippen LogP contribution in [0.2, 0.25) is 0 Å². The van der Waals surface area contributed by atoms with Crippen LogP contribution < -0.4 is 10.1 Å². The standard InChI is InChI=1S/C29H28BrN7O4/c1-15(38)27-20-7-17(18-12-31-16(2)32-13-18)5-6-21(20)36(35-27)14-26(39)37-22(10-29(3)11-23(29)37)28(40)34-25-9-19(41-4)8-24(30)33-25/h5-9,12-13,22-23H,10-11,14H2,1-4H3,(H,33,34,40)/t22-,23+,29?/m0/s1. The molecule has 4 aromatic rings. The van der Waals surface area contributed by atoms with E-state index in [0.29, 0.717) is 39.3 Å². The van der Waals surface area contributed by atoms with Crippen LogP contribution in [0.15, 0.2) is 47.3 Å². The number of hydrogen-bond acceptors (Lipinski definition) is 8. The van der Waals surface area contributed by atoms with Gasteiger partial charge in [-0.25, -0.2) is 15.0 Å². The number of anilines is 1. The van der Waals surface area contributed by atoms with Crippen molar-refractivity contribution >= 4 is 50.2 Å². The van der Waals surface area contributed by atoms with Gasteiger partial charge in [0.25, 0.3) is 0 Å². The number of Topliss-reactive ketones (excluding diaryl/α,β-unsaturated/α-hetero) is 1. The molecule has 2 aliphatic rings. The fourth-order valence-corrected chi connectivity index (χ4v) is 6.13. The highest BCUT2D eigenvalue weighted by atomic mass is 79.9. The molecular weight excluding hydrogens is 590 g/mol. The first-order valence-electron chi connectivity index (χ1n) is 13.2. The number of likely N-dealkylation sites (tertiary alicyclic amines) is 1. The van der Waals surface area contributed by atoms with Crippen LogP contribution in [-0.4, -0.2) is 66.4 Å². The first-order valence-corrected chi connectivity index (χ1v) is 14.0. The summed E-state index contributed by atoms with van der Waals surface area (Å²) in [6, 6.07) is 8.25. The third-order valence-corrected chi connectivity index (χ3v) is 8.37. The summed E-state index contributed by atoms with van der Waals surface area (Å²) in [4.78, 5) is 54.3. The summed E-state index contributed by atoms with van der Waals surface area (Å²) in [6.07, 6.45) is 4.86. The van der Waals surface area contributed by atoms with Gasteiger partial charge in [-0.2, -0.15) is 5.10 Å². The predicted molar refractivity (Wildman–Crippen MR) is 154 cm³/mol. The summed E-state index contributed by atoms with van der Waals surface area (Å²) in [6.45, 7) is 5.27. The van der Waals surface area contributed by atoms with E-state index < -0.39 is 6.04 Å². The quantitative estimate of drug-likeness (QED) is 0.241. The van der Waals surface area contributed by atoms with Gasteiger partial charge in [0.2, 0.25) is 11.8 Å². The zero-order valence-electron chi connectivity index (χ0n) is 23.0. The summed E-state index contributed by atoms with van der Waals surface area (Å²) >= 11 is 3.33. The van der Waals surface area contributed by atoms with E-state index in [1.54, 1.807) is 34.1 Å². The molecule has 0 bridgehead atoms. The number of methoxy groups -OCH3 is 1. The Morgan fingerprint density at radius 2 is 1.88 bits per heavy atom. The third-order valence-electron chi connectivity index (χ3n) is 7.96.